The molecule has 22 heavy (non-hydrogen) atoms. The fraction of sp³-hybridized carbons (Fsp3) is 0.765. The van der Waals surface area contributed by atoms with Gasteiger partial charge in [-0.15, -0.1) is 11.6 Å². The highest BCUT2D eigenvalue weighted by Crippen LogP contribution is 2.64. The quantitative estimate of drug-likeness (QED) is 0.479. The number of alkyl halides is 1. The molecule has 0 amide bonds. The molecule has 0 radical (unpaired) electrons. The molecule has 0 spiro atoms. The summed E-state index contributed by atoms with van der Waals surface area (Å²) in [6.45, 7) is 1.92. The molecule has 5 atom stereocenters. The minimum Gasteiger partial charge on any atom is -0.456 e. The third-order valence-electron chi connectivity index (χ3n) is 5.92. The molecular weight excluding hydrogens is 304 g/mol. The van der Waals surface area contributed by atoms with Crippen molar-refractivity contribution >= 4 is 23.4 Å². The van der Waals surface area contributed by atoms with E-state index in [2.05, 4.69) is 6.08 Å². The van der Waals surface area contributed by atoms with E-state index in [4.69, 9.17) is 16.3 Å². The van der Waals surface area contributed by atoms with Gasteiger partial charge < -0.3 is 9.84 Å². The third-order valence-corrected chi connectivity index (χ3v) is 6.14. The molecule has 3 aliphatic rings. The SMILES string of the molecule is CC[C@@]12OC(=O)[C@]1([C@@H](O)[C@@H]1C=CCCC1)CC(=O)[C@@H]2CCCl. The second-order valence-electron chi connectivity index (χ2n) is 6.74. The van der Waals surface area contributed by atoms with Crippen molar-refractivity contribution in [1.82, 2.24) is 0 Å². The summed E-state index contributed by atoms with van der Waals surface area (Å²) in [5.41, 5.74) is -1.93. The van der Waals surface area contributed by atoms with Crippen molar-refractivity contribution in [3.05, 3.63) is 12.2 Å². The number of ketones is 1. The van der Waals surface area contributed by atoms with E-state index in [0.717, 1.165) is 19.3 Å². The smallest absolute Gasteiger partial charge is 0.319 e. The van der Waals surface area contributed by atoms with Gasteiger partial charge in [-0.3, -0.25) is 9.59 Å². The topological polar surface area (TPSA) is 63.6 Å². The Bertz CT molecular complexity index is 517. The van der Waals surface area contributed by atoms with Crippen molar-refractivity contribution in [2.75, 3.05) is 5.88 Å². The number of hydrogen-bond acceptors (Lipinski definition) is 4. The van der Waals surface area contributed by atoms with Gasteiger partial charge >= 0.3 is 5.97 Å². The summed E-state index contributed by atoms with van der Waals surface area (Å²) < 4.78 is 5.55. The Morgan fingerprint density at radius 1 is 1.50 bits per heavy atom. The van der Waals surface area contributed by atoms with Crippen molar-refractivity contribution in [3.8, 4) is 0 Å². The summed E-state index contributed by atoms with van der Waals surface area (Å²) in [6.07, 6.45) is 7.18. The lowest BCUT2D eigenvalue weighted by Gasteiger charge is -2.57. The number of carbonyl (C=O) groups excluding carboxylic acids is 2. The highest BCUT2D eigenvalue weighted by molar-refractivity contribution is 6.18. The van der Waals surface area contributed by atoms with Gasteiger partial charge in [-0.2, -0.15) is 0 Å². The van der Waals surface area contributed by atoms with E-state index in [1.165, 1.54) is 0 Å². The van der Waals surface area contributed by atoms with Crippen molar-refractivity contribution < 1.29 is 19.4 Å². The molecule has 1 aliphatic heterocycles. The van der Waals surface area contributed by atoms with Gasteiger partial charge in [0, 0.05) is 18.2 Å². The molecule has 0 unspecified atom stereocenters. The van der Waals surface area contributed by atoms with Crippen LogP contribution in [-0.4, -0.2) is 34.4 Å². The minimum absolute atomic E-state index is 0.00666. The zero-order chi connectivity index (χ0) is 16.0. The minimum atomic E-state index is -1.07. The molecule has 0 bridgehead atoms. The molecule has 5 heteroatoms. The van der Waals surface area contributed by atoms with E-state index in [-0.39, 0.29) is 24.0 Å². The highest BCUT2D eigenvalue weighted by Gasteiger charge is 2.79. The van der Waals surface area contributed by atoms with Gasteiger partial charge in [-0.25, -0.2) is 0 Å². The van der Waals surface area contributed by atoms with Crippen LogP contribution in [0.2, 0.25) is 0 Å². The van der Waals surface area contributed by atoms with Crippen LogP contribution in [-0.2, 0) is 14.3 Å². The molecule has 2 fully saturated rings. The Kier molecular flexibility index (Phi) is 4.11. The summed E-state index contributed by atoms with van der Waals surface area (Å²) in [7, 11) is 0. The number of aliphatic hydroxyl groups is 1. The number of rotatable bonds is 5. The maximum absolute atomic E-state index is 12.5. The first-order valence-electron chi connectivity index (χ1n) is 8.20. The Hall–Kier alpha value is -0.870. The number of fused-ring (bicyclic) bond motifs is 1. The van der Waals surface area contributed by atoms with Crippen LogP contribution in [0.4, 0.5) is 0 Å². The second-order valence-corrected chi connectivity index (χ2v) is 7.12. The molecule has 3 rings (SSSR count). The molecule has 1 saturated heterocycles. The number of ether oxygens (including phenoxy) is 1. The van der Waals surface area contributed by atoms with Crippen LogP contribution in [0.15, 0.2) is 12.2 Å². The van der Waals surface area contributed by atoms with E-state index >= 15 is 0 Å². The van der Waals surface area contributed by atoms with Gasteiger partial charge in [-0.05, 0) is 32.1 Å². The number of hydrogen-bond donors (Lipinski definition) is 1. The first-order chi connectivity index (χ1) is 10.5. The first-order valence-corrected chi connectivity index (χ1v) is 8.74. The molecule has 0 aromatic carbocycles. The van der Waals surface area contributed by atoms with Gasteiger partial charge in [0.15, 0.2) is 0 Å². The molecule has 0 aromatic heterocycles. The van der Waals surface area contributed by atoms with Crippen LogP contribution in [0.25, 0.3) is 0 Å². The molecular formula is C17H23ClO4. The summed E-state index contributed by atoms with van der Waals surface area (Å²) >= 11 is 5.85. The second kappa shape index (κ2) is 5.64. The summed E-state index contributed by atoms with van der Waals surface area (Å²) in [5, 5.41) is 11.0. The number of esters is 1. The lowest BCUT2D eigenvalue weighted by Crippen LogP contribution is -2.71. The van der Waals surface area contributed by atoms with Crippen molar-refractivity contribution in [1.29, 1.82) is 0 Å². The van der Waals surface area contributed by atoms with E-state index in [1.54, 1.807) is 0 Å². The average Bonchev–Trinajstić information content (AvgIpc) is 2.73. The predicted molar refractivity (Wildman–Crippen MR) is 82.5 cm³/mol. The molecule has 1 saturated carbocycles. The van der Waals surface area contributed by atoms with Crippen LogP contribution in [0, 0.1) is 17.3 Å². The Morgan fingerprint density at radius 2 is 2.27 bits per heavy atom. The average molecular weight is 327 g/mol. The Morgan fingerprint density at radius 3 is 2.82 bits per heavy atom. The number of aliphatic hydroxyl groups excluding tert-OH is 1. The summed E-state index contributed by atoms with van der Waals surface area (Å²) in [4.78, 5) is 24.9. The molecule has 0 aromatic rings. The van der Waals surface area contributed by atoms with Crippen LogP contribution >= 0.6 is 11.6 Å². The summed E-state index contributed by atoms with van der Waals surface area (Å²) in [6, 6.07) is 0. The largest absolute Gasteiger partial charge is 0.456 e. The zero-order valence-corrected chi connectivity index (χ0v) is 13.6. The Labute approximate surface area is 135 Å². The van der Waals surface area contributed by atoms with Gasteiger partial charge in [0.1, 0.15) is 16.8 Å². The number of allylic oxidation sites excluding steroid dienone is 1. The monoisotopic (exact) mass is 326 g/mol. The van der Waals surface area contributed by atoms with E-state index < -0.39 is 23.1 Å². The van der Waals surface area contributed by atoms with Crippen LogP contribution in [0.3, 0.4) is 0 Å². The molecule has 2 aliphatic carbocycles. The fourth-order valence-corrected chi connectivity index (χ4v) is 5.03. The number of carbonyl (C=O) groups is 2. The number of Topliss-reactive ketones (excluding diaryl/α,β-unsaturated/α-hetero) is 1. The van der Waals surface area contributed by atoms with E-state index in [9.17, 15) is 14.7 Å². The lowest BCUT2D eigenvalue weighted by atomic mass is 9.58. The van der Waals surface area contributed by atoms with Crippen LogP contribution in [0.5, 0.6) is 0 Å². The maximum Gasteiger partial charge on any atom is 0.319 e. The first kappa shape index (κ1) is 16.0. The van der Waals surface area contributed by atoms with E-state index in [0.29, 0.717) is 18.7 Å². The third kappa shape index (κ3) is 1.86. The van der Waals surface area contributed by atoms with Gasteiger partial charge in [0.05, 0.1) is 12.0 Å². The Balaban J connectivity index is 1.98. The van der Waals surface area contributed by atoms with Gasteiger partial charge in [0.25, 0.3) is 0 Å². The molecule has 1 N–H and O–H groups in total. The maximum atomic E-state index is 12.5. The molecule has 4 nitrogen and oxygen atoms in total. The highest BCUT2D eigenvalue weighted by atomic mass is 35.5. The van der Waals surface area contributed by atoms with E-state index in [1.807, 2.05) is 13.0 Å². The molecule has 1 heterocycles. The van der Waals surface area contributed by atoms with Crippen molar-refractivity contribution in [2.45, 2.75) is 57.2 Å². The lowest BCUT2D eigenvalue weighted by molar-refractivity contribution is -0.269. The van der Waals surface area contributed by atoms with Gasteiger partial charge in [-0.1, -0.05) is 19.1 Å². The number of halogens is 1. The van der Waals surface area contributed by atoms with Crippen LogP contribution in [0.1, 0.15) is 45.4 Å². The van der Waals surface area contributed by atoms with Crippen molar-refractivity contribution in [2.24, 2.45) is 17.3 Å². The normalized spacial score (nSPS) is 41.8. The van der Waals surface area contributed by atoms with Gasteiger partial charge in [0.2, 0.25) is 0 Å². The standard InChI is InChI=1S/C17H23ClO4/c1-2-17-12(8-9-18)13(19)10-16(17,15(21)22-17)14(20)11-6-4-3-5-7-11/h4,6,11-12,14,20H,2-3,5,7-10H2,1H3/t11-,12+,14+,16-,17+/m1/s1. The van der Waals surface area contributed by atoms with Crippen molar-refractivity contribution in [3.63, 3.8) is 0 Å². The molecule has 122 valence electrons. The summed E-state index contributed by atoms with van der Waals surface area (Å²) in [5.74, 6) is -0.506. The van der Waals surface area contributed by atoms with Crippen LogP contribution < -0.4 is 0 Å². The fourth-order valence-electron chi connectivity index (χ4n) is 4.82. The zero-order valence-electron chi connectivity index (χ0n) is 12.9. The predicted octanol–water partition coefficient (Wildman–Crippen LogP) is 2.61.